The third kappa shape index (κ3) is 5.47. The van der Waals surface area contributed by atoms with Gasteiger partial charge in [-0.3, -0.25) is 4.79 Å². The molecular weight excluding hydrogens is 285 g/mol. The molecule has 5 heteroatoms. The molecule has 0 fully saturated rings. The van der Waals surface area contributed by atoms with Crippen LogP contribution in [0.25, 0.3) is 0 Å². The molecule has 22 heavy (non-hydrogen) atoms. The first-order valence-corrected chi connectivity index (χ1v) is 7.19. The van der Waals surface area contributed by atoms with E-state index in [2.05, 4.69) is 5.32 Å². The van der Waals surface area contributed by atoms with Crippen molar-refractivity contribution >= 4 is 11.9 Å². The highest BCUT2D eigenvalue weighted by molar-refractivity contribution is 6.02. The predicted molar refractivity (Wildman–Crippen MR) is 83.3 cm³/mol. The summed E-state index contributed by atoms with van der Waals surface area (Å²) < 4.78 is 18.2. The van der Waals surface area contributed by atoms with Gasteiger partial charge in [-0.2, -0.15) is 0 Å². The van der Waals surface area contributed by atoms with Crippen LogP contribution in [0.5, 0.6) is 0 Å². The Kier molecular flexibility index (Phi) is 5.33. The average molecular weight is 309 g/mol. The molecule has 4 nitrogen and oxygen atoms in total. The van der Waals surface area contributed by atoms with Gasteiger partial charge in [0.2, 0.25) is 0 Å². The topological polar surface area (TPSA) is 55.4 Å². The van der Waals surface area contributed by atoms with E-state index in [4.69, 9.17) is 4.74 Å². The number of benzene rings is 1. The molecule has 0 radical (unpaired) electrons. The van der Waals surface area contributed by atoms with Crippen molar-refractivity contribution in [3.05, 3.63) is 35.6 Å². The number of amides is 1. The van der Waals surface area contributed by atoms with E-state index in [0.29, 0.717) is 5.56 Å². The van der Waals surface area contributed by atoms with Crippen LogP contribution in [-0.4, -0.2) is 23.5 Å². The van der Waals surface area contributed by atoms with Crippen LogP contribution in [0.3, 0.4) is 0 Å². The fourth-order valence-corrected chi connectivity index (χ4v) is 1.88. The van der Waals surface area contributed by atoms with E-state index >= 15 is 0 Å². The Bertz CT molecular complexity index is 539. The number of ether oxygens (including phenoxy) is 1. The van der Waals surface area contributed by atoms with Crippen LogP contribution in [0.15, 0.2) is 24.3 Å². The Morgan fingerprint density at radius 3 is 1.95 bits per heavy atom. The molecule has 0 bridgehead atoms. The maximum absolute atomic E-state index is 13.0. The Labute approximate surface area is 131 Å². The molecule has 1 N–H and O–H groups in total. The molecular formula is C17H24FNO3. The lowest BCUT2D eigenvalue weighted by atomic mass is 9.82. The van der Waals surface area contributed by atoms with Crippen molar-refractivity contribution in [2.75, 3.05) is 0 Å². The second-order valence-electron chi connectivity index (χ2n) is 7.32. The van der Waals surface area contributed by atoms with Gasteiger partial charge in [-0.1, -0.05) is 20.8 Å². The molecule has 0 aliphatic carbocycles. The highest BCUT2D eigenvalue weighted by atomic mass is 19.1. The largest absolute Gasteiger partial charge is 0.444 e. The Morgan fingerprint density at radius 1 is 1.05 bits per heavy atom. The first-order chi connectivity index (χ1) is 9.90. The molecule has 122 valence electrons. The molecule has 1 aromatic rings. The SMILES string of the molecule is CC(C)(C)OC(=O)N[C@H](C(=O)c1ccc(F)cc1)C(C)(C)C. The van der Waals surface area contributed by atoms with E-state index < -0.39 is 29.0 Å². The summed E-state index contributed by atoms with van der Waals surface area (Å²) in [5.41, 5.74) is -0.814. The van der Waals surface area contributed by atoms with Gasteiger partial charge in [-0.25, -0.2) is 9.18 Å². The smallest absolute Gasteiger partial charge is 0.408 e. The van der Waals surface area contributed by atoms with Crippen LogP contribution in [0, 0.1) is 11.2 Å². The molecule has 0 spiro atoms. The molecule has 1 amide bonds. The van der Waals surface area contributed by atoms with E-state index in [0.717, 1.165) is 0 Å². The number of nitrogens with one attached hydrogen (secondary N) is 1. The summed E-state index contributed by atoms with van der Waals surface area (Å²) in [7, 11) is 0. The van der Waals surface area contributed by atoms with Crippen molar-refractivity contribution in [1.29, 1.82) is 0 Å². The van der Waals surface area contributed by atoms with E-state index in [9.17, 15) is 14.0 Å². The molecule has 0 saturated heterocycles. The van der Waals surface area contributed by atoms with E-state index in [-0.39, 0.29) is 5.78 Å². The standard InChI is InChI=1S/C17H24FNO3/c1-16(2,3)14(19-15(21)22-17(4,5)6)13(20)11-7-9-12(18)10-8-11/h7-10,14H,1-6H3,(H,19,21)/t14-/m1/s1. The van der Waals surface area contributed by atoms with Gasteiger partial charge >= 0.3 is 6.09 Å². The van der Waals surface area contributed by atoms with E-state index in [1.165, 1.54) is 24.3 Å². The number of hydrogen-bond acceptors (Lipinski definition) is 3. The van der Waals surface area contributed by atoms with Crippen LogP contribution in [0.2, 0.25) is 0 Å². The summed E-state index contributed by atoms with van der Waals surface area (Å²) in [6.07, 6.45) is -0.650. The van der Waals surface area contributed by atoms with Gasteiger partial charge in [0.05, 0.1) is 0 Å². The van der Waals surface area contributed by atoms with Gasteiger partial charge in [0.25, 0.3) is 0 Å². The molecule has 0 aliphatic rings. The summed E-state index contributed by atoms with van der Waals surface area (Å²) in [5, 5.41) is 2.62. The maximum Gasteiger partial charge on any atom is 0.408 e. The van der Waals surface area contributed by atoms with Gasteiger partial charge in [0.1, 0.15) is 17.5 Å². The van der Waals surface area contributed by atoms with Crippen molar-refractivity contribution in [1.82, 2.24) is 5.32 Å². The van der Waals surface area contributed by atoms with E-state index in [1.807, 2.05) is 20.8 Å². The van der Waals surface area contributed by atoms with Gasteiger partial charge < -0.3 is 10.1 Å². The number of Topliss-reactive ketones (excluding diaryl/α,β-unsaturated/α-hetero) is 1. The number of hydrogen-bond donors (Lipinski definition) is 1. The first-order valence-electron chi connectivity index (χ1n) is 7.19. The molecule has 0 heterocycles. The van der Waals surface area contributed by atoms with Gasteiger partial charge in [0.15, 0.2) is 5.78 Å². The number of alkyl carbamates (subject to hydrolysis) is 1. The maximum atomic E-state index is 13.0. The zero-order valence-corrected chi connectivity index (χ0v) is 14.0. The van der Waals surface area contributed by atoms with Crippen molar-refractivity contribution in [2.45, 2.75) is 53.2 Å². The molecule has 1 aromatic carbocycles. The van der Waals surface area contributed by atoms with Crippen molar-refractivity contribution in [3.8, 4) is 0 Å². The second kappa shape index (κ2) is 6.46. The third-order valence-electron chi connectivity index (χ3n) is 2.92. The zero-order valence-electron chi connectivity index (χ0n) is 14.0. The van der Waals surface area contributed by atoms with Crippen LogP contribution >= 0.6 is 0 Å². The summed E-state index contributed by atoms with van der Waals surface area (Å²) in [5.74, 6) is -0.692. The minimum atomic E-state index is -0.771. The summed E-state index contributed by atoms with van der Waals surface area (Å²) in [6.45, 7) is 10.8. The van der Waals surface area contributed by atoms with Crippen LogP contribution in [-0.2, 0) is 4.74 Å². The Morgan fingerprint density at radius 2 is 1.55 bits per heavy atom. The predicted octanol–water partition coefficient (Wildman–Crippen LogP) is 3.95. The van der Waals surface area contributed by atoms with Crippen molar-refractivity contribution in [3.63, 3.8) is 0 Å². The number of ketones is 1. The minimum Gasteiger partial charge on any atom is -0.444 e. The van der Waals surface area contributed by atoms with Crippen LogP contribution in [0.4, 0.5) is 9.18 Å². The van der Waals surface area contributed by atoms with Crippen molar-refractivity contribution < 1.29 is 18.7 Å². The molecule has 0 saturated carbocycles. The van der Waals surface area contributed by atoms with Gasteiger partial charge in [-0.15, -0.1) is 0 Å². The van der Waals surface area contributed by atoms with Crippen molar-refractivity contribution in [2.24, 2.45) is 5.41 Å². The lowest BCUT2D eigenvalue weighted by Gasteiger charge is -2.31. The molecule has 1 rings (SSSR count). The Hall–Kier alpha value is -1.91. The van der Waals surface area contributed by atoms with Crippen LogP contribution in [0.1, 0.15) is 51.9 Å². The van der Waals surface area contributed by atoms with Gasteiger partial charge in [0, 0.05) is 5.56 Å². The zero-order chi connectivity index (χ0) is 17.1. The Balaban J connectivity index is 2.96. The number of carbonyl (C=O) groups is 2. The molecule has 0 aliphatic heterocycles. The monoisotopic (exact) mass is 309 g/mol. The summed E-state index contributed by atoms with van der Waals surface area (Å²) >= 11 is 0. The molecule has 0 unspecified atom stereocenters. The van der Waals surface area contributed by atoms with Gasteiger partial charge in [-0.05, 0) is 50.5 Å². The first kappa shape index (κ1) is 18.1. The third-order valence-corrected chi connectivity index (χ3v) is 2.92. The quantitative estimate of drug-likeness (QED) is 0.860. The van der Waals surface area contributed by atoms with Crippen LogP contribution < -0.4 is 5.32 Å². The fraction of sp³-hybridized carbons (Fsp3) is 0.529. The fourth-order valence-electron chi connectivity index (χ4n) is 1.88. The lowest BCUT2D eigenvalue weighted by Crippen LogP contribution is -2.50. The highest BCUT2D eigenvalue weighted by Crippen LogP contribution is 2.23. The normalized spacial score (nSPS) is 13.4. The highest BCUT2D eigenvalue weighted by Gasteiger charge is 2.34. The second-order valence-corrected chi connectivity index (χ2v) is 7.32. The molecule has 0 aromatic heterocycles. The van der Waals surface area contributed by atoms with E-state index in [1.54, 1.807) is 20.8 Å². The lowest BCUT2D eigenvalue weighted by molar-refractivity contribution is 0.0446. The number of halogens is 1. The average Bonchev–Trinajstić information content (AvgIpc) is 2.32. The molecule has 1 atom stereocenters. The number of carbonyl (C=O) groups excluding carboxylic acids is 2. The summed E-state index contributed by atoms with van der Waals surface area (Å²) in [4.78, 5) is 24.6. The minimum absolute atomic E-state index is 0.279. The summed E-state index contributed by atoms with van der Waals surface area (Å²) in [6, 6.07) is 4.49. The number of rotatable bonds is 3.